The van der Waals surface area contributed by atoms with Gasteiger partial charge < -0.3 is 26.0 Å². The molecule has 0 radical (unpaired) electrons. The second kappa shape index (κ2) is 18.2. The zero-order chi connectivity index (χ0) is 26.8. The molecule has 8 nitrogen and oxygen atoms in total. The molecule has 0 bridgehead atoms. The van der Waals surface area contributed by atoms with Gasteiger partial charge in [0.2, 0.25) is 0 Å². The molecular weight excluding hydrogens is 440 g/mol. The average Bonchev–Trinajstić information content (AvgIpc) is 2.83. The summed E-state index contributed by atoms with van der Waals surface area (Å²) < 4.78 is 4.95. The molecule has 0 aliphatic rings. The minimum absolute atomic E-state index is 0.0855. The van der Waals surface area contributed by atoms with Crippen molar-refractivity contribution in [3.63, 3.8) is 0 Å². The Kier molecular flexibility index (Phi) is 16.6. The van der Waals surface area contributed by atoms with Gasteiger partial charge in [-0.2, -0.15) is 0 Å². The van der Waals surface area contributed by atoms with Gasteiger partial charge in [0.15, 0.2) is 5.84 Å². The third kappa shape index (κ3) is 13.4. The van der Waals surface area contributed by atoms with Crippen molar-refractivity contribution in [3.8, 4) is 5.75 Å². The number of amides is 1. The summed E-state index contributed by atoms with van der Waals surface area (Å²) in [5.74, 6) is 3.34. The van der Waals surface area contributed by atoms with Gasteiger partial charge in [0.1, 0.15) is 11.4 Å². The summed E-state index contributed by atoms with van der Waals surface area (Å²) in [6.45, 7) is 21.8. The fourth-order valence-electron chi connectivity index (χ4n) is 3.05. The van der Waals surface area contributed by atoms with Crippen molar-refractivity contribution in [2.24, 2.45) is 27.6 Å². The van der Waals surface area contributed by atoms with Crippen molar-refractivity contribution >= 4 is 18.5 Å². The van der Waals surface area contributed by atoms with Gasteiger partial charge in [-0.1, -0.05) is 40.3 Å². The average molecular weight is 487 g/mol. The molecule has 0 aliphatic heterocycles. The van der Waals surface area contributed by atoms with E-state index < -0.39 is 0 Å². The number of benzene rings is 1. The molecule has 8 heteroatoms. The Hall–Kier alpha value is -3.13. The molecule has 0 spiro atoms. The number of nitrogens with two attached hydrogens (primary N) is 1. The maximum Gasteiger partial charge on any atom is 0.251 e. The molecule has 4 N–H and O–H groups in total. The van der Waals surface area contributed by atoms with Crippen LogP contribution in [0.4, 0.5) is 0 Å². The normalized spacial score (nSPS) is 11.5. The van der Waals surface area contributed by atoms with E-state index >= 15 is 0 Å². The largest absolute Gasteiger partial charge is 0.497 e. The van der Waals surface area contributed by atoms with Crippen molar-refractivity contribution in [1.29, 1.82) is 0 Å². The highest BCUT2D eigenvalue weighted by Gasteiger charge is 2.14. The summed E-state index contributed by atoms with van der Waals surface area (Å²) in [5, 5.41) is 5.87. The van der Waals surface area contributed by atoms with Crippen molar-refractivity contribution in [3.05, 3.63) is 54.0 Å². The van der Waals surface area contributed by atoms with Crippen molar-refractivity contribution in [1.82, 2.24) is 15.5 Å². The van der Waals surface area contributed by atoms with Crippen LogP contribution in [0.5, 0.6) is 5.75 Å². The van der Waals surface area contributed by atoms with Gasteiger partial charge in [-0.3, -0.25) is 14.8 Å². The number of nitrogens with zero attached hydrogens (tertiary/aromatic N) is 3. The number of allylic oxidation sites excluding steroid dienone is 1. The van der Waals surface area contributed by atoms with Crippen molar-refractivity contribution in [2.75, 3.05) is 40.3 Å². The van der Waals surface area contributed by atoms with Gasteiger partial charge in [0, 0.05) is 32.2 Å². The monoisotopic (exact) mass is 486 g/mol. The molecule has 196 valence electrons. The summed E-state index contributed by atoms with van der Waals surface area (Å²) >= 11 is 0. The first-order valence-electron chi connectivity index (χ1n) is 12.1. The molecule has 0 atom stereocenters. The molecule has 0 unspecified atom stereocenters. The number of hydrogen-bond acceptors (Lipinski definition) is 6. The Labute approximate surface area is 212 Å². The molecule has 1 rings (SSSR count). The Balaban J connectivity index is 0.000000801. The Morgan fingerprint density at radius 3 is 2.14 bits per heavy atom. The second-order valence-corrected chi connectivity index (χ2v) is 8.78. The highest BCUT2D eigenvalue weighted by molar-refractivity contribution is 5.99. The lowest BCUT2D eigenvalue weighted by molar-refractivity contribution is 0.0963. The Bertz CT molecular complexity index is 819. The van der Waals surface area contributed by atoms with E-state index in [1.54, 1.807) is 38.4 Å². The molecular formula is C27H46N6O2. The summed E-state index contributed by atoms with van der Waals surface area (Å²) in [6.07, 6.45) is 2.73. The van der Waals surface area contributed by atoms with Gasteiger partial charge in [-0.05, 0) is 62.7 Å². The molecule has 0 saturated carbocycles. The van der Waals surface area contributed by atoms with E-state index in [-0.39, 0.29) is 5.91 Å². The lowest BCUT2D eigenvalue weighted by Crippen LogP contribution is -2.39. The zero-order valence-electron chi connectivity index (χ0n) is 22.7. The molecule has 35 heavy (non-hydrogen) atoms. The number of carbonyl (C=O) groups excluding carboxylic acids is 1. The minimum Gasteiger partial charge on any atom is -0.497 e. The van der Waals surface area contributed by atoms with Crippen LogP contribution in [0, 0.1) is 11.8 Å². The zero-order valence-corrected chi connectivity index (χ0v) is 22.7. The summed E-state index contributed by atoms with van der Waals surface area (Å²) in [6, 6.07) is 6.95. The number of hydrogen-bond donors (Lipinski definition) is 3. The number of aliphatic imine (C=N–C) groups is 2. The molecule has 0 fully saturated rings. The van der Waals surface area contributed by atoms with Crippen LogP contribution in [0.15, 0.2) is 58.4 Å². The van der Waals surface area contributed by atoms with Gasteiger partial charge in [-0.15, -0.1) is 0 Å². The van der Waals surface area contributed by atoms with Crippen LogP contribution in [0.1, 0.15) is 51.4 Å². The second-order valence-electron chi connectivity index (χ2n) is 8.78. The molecule has 0 heterocycles. The fourth-order valence-corrected chi connectivity index (χ4v) is 3.05. The summed E-state index contributed by atoms with van der Waals surface area (Å²) in [5.41, 5.74) is 6.92. The fraction of sp³-hybridized carbons (Fsp3) is 0.519. The SMILES string of the molecule is C=N/C(=C/C)C(=NCCCN)NC(=C)N(CC(C)C)CC(C)C.CNC(=O)c1ccc(OC)cc1. The standard InChI is InChI=1S/C18H35N5.C9H11NO2/c1-8-17(20-7)18(21-11-9-10-19)22-16(6)23(12-14(2)3)13-15(4)5;1-10-9(11)7-3-5-8(12-2)6-4-7/h8,14-15H,6-7,9-13,19H2,1-5H3,(H,21,22);3-6H,1-2H3,(H,10,11)/b17-8+;. The van der Waals surface area contributed by atoms with E-state index in [0.717, 1.165) is 36.8 Å². The lowest BCUT2D eigenvalue weighted by Gasteiger charge is -2.31. The van der Waals surface area contributed by atoms with E-state index in [4.69, 9.17) is 10.5 Å². The topological polar surface area (TPSA) is 104 Å². The molecule has 1 aromatic carbocycles. The number of rotatable bonds is 13. The predicted molar refractivity (Wildman–Crippen MR) is 149 cm³/mol. The van der Waals surface area contributed by atoms with Gasteiger partial charge in [0.25, 0.3) is 5.91 Å². The van der Waals surface area contributed by atoms with E-state index in [2.05, 4.69) is 66.5 Å². The van der Waals surface area contributed by atoms with Crippen LogP contribution in [0.2, 0.25) is 0 Å². The minimum atomic E-state index is -0.0855. The van der Waals surface area contributed by atoms with Crippen LogP contribution in [0.25, 0.3) is 0 Å². The van der Waals surface area contributed by atoms with E-state index in [9.17, 15) is 4.79 Å². The number of carbonyl (C=O) groups is 1. The van der Waals surface area contributed by atoms with E-state index in [1.807, 2.05) is 13.0 Å². The first-order chi connectivity index (χ1) is 16.6. The summed E-state index contributed by atoms with van der Waals surface area (Å²) in [7, 11) is 3.20. The third-order valence-corrected chi connectivity index (χ3v) is 4.71. The van der Waals surface area contributed by atoms with Gasteiger partial charge in [0.05, 0.1) is 12.9 Å². The number of amidine groups is 1. The Morgan fingerprint density at radius 1 is 1.17 bits per heavy atom. The van der Waals surface area contributed by atoms with Crippen LogP contribution in [0.3, 0.4) is 0 Å². The quantitative estimate of drug-likeness (QED) is 0.221. The van der Waals surface area contributed by atoms with Crippen LogP contribution in [-0.2, 0) is 0 Å². The van der Waals surface area contributed by atoms with Crippen molar-refractivity contribution < 1.29 is 9.53 Å². The predicted octanol–water partition coefficient (Wildman–Crippen LogP) is 4.07. The maximum absolute atomic E-state index is 11.1. The van der Waals surface area contributed by atoms with Crippen LogP contribution in [-0.4, -0.2) is 63.7 Å². The highest BCUT2D eigenvalue weighted by atomic mass is 16.5. The number of ether oxygens (including phenoxy) is 1. The molecule has 0 aromatic heterocycles. The first-order valence-corrected chi connectivity index (χ1v) is 12.1. The van der Waals surface area contributed by atoms with E-state index in [1.165, 1.54) is 0 Å². The third-order valence-electron chi connectivity index (χ3n) is 4.71. The Morgan fingerprint density at radius 2 is 1.74 bits per heavy atom. The number of nitrogens with one attached hydrogen (secondary N) is 2. The molecule has 0 saturated heterocycles. The van der Waals surface area contributed by atoms with Gasteiger partial charge >= 0.3 is 0 Å². The van der Waals surface area contributed by atoms with Gasteiger partial charge in [-0.25, -0.2) is 0 Å². The number of methoxy groups -OCH3 is 1. The van der Waals surface area contributed by atoms with Crippen LogP contribution >= 0.6 is 0 Å². The summed E-state index contributed by atoms with van der Waals surface area (Å²) in [4.78, 5) is 21.9. The van der Waals surface area contributed by atoms with E-state index in [0.29, 0.717) is 36.3 Å². The highest BCUT2D eigenvalue weighted by Crippen LogP contribution is 2.11. The smallest absolute Gasteiger partial charge is 0.251 e. The molecule has 1 aromatic rings. The first kappa shape index (κ1) is 31.9. The van der Waals surface area contributed by atoms with Crippen LogP contribution < -0.4 is 21.1 Å². The molecule has 1 amide bonds. The lowest BCUT2D eigenvalue weighted by atomic mass is 10.1. The maximum atomic E-state index is 11.1. The molecule has 0 aliphatic carbocycles. The van der Waals surface area contributed by atoms with Crippen molar-refractivity contribution in [2.45, 2.75) is 41.0 Å².